The molecule has 1 fully saturated rings. The highest BCUT2D eigenvalue weighted by Crippen LogP contribution is 2.23. The number of nitrogens with two attached hydrogens (primary N) is 1. The van der Waals surface area contributed by atoms with Gasteiger partial charge in [-0.1, -0.05) is 19.1 Å². The van der Waals surface area contributed by atoms with Gasteiger partial charge in [0.1, 0.15) is 17.8 Å². The van der Waals surface area contributed by atoms with Crippen molar-refractivity contribution in [1.82, 2.24) is 24.6 Å². The second-order valence-electron chi connectivity index (χ2n) is 9.91. The first-order valence-corrected chi connectivity index (χ1v) is 12.2. The molecular formula is C26H30F3N7O4. The van der Waals surface area contributed by atoms with Crippen molar-refractivity contribution in [3.05, 3.63) is 71.6 Å². The smallest absolute Gasteiger partial charge is 0.475 e. The van der Waals surface area contributed by atoms with Crippen LogP contribution < -0.4 is 11.1 Å². The van der Waals surface area contributed by atoms with Crippen LogP contribution >= 0.6 is 0 Å². The molecule has 2 amide bonds. The van der Waals surface area contributed by atoms with E-state index in [0.29, 0.717) is 24.3 Å². The number of carbonyl (C=O) groups excluding carboxylic acids is 2. The Kier molecular flexibility index (Phi) is 9.24. The summed E-state index contributed by atoms with van der Waals surface area (Å²) in [7, 11) is 1.92. The molecule has 3 aromatic rings. The molecule has 0 aliphatic carbocycles. The molecule has 0 spiro atoms. The quantitative estimate of drug-likeness (QED) is 0.415. The van der Waals surface area contributed by atoms with E-state index in [0.717, 1.165) is 24.2 Å². The third-order valence-corrected chi connectivity index (χ3v) is 6.28. The number of hydrogen-bond donors (Lipinski definition) is 3. The van der Waals surface area contributed by atoms with Crippen molar-refractivity contribution in [2.75, 3.05) is 18.4 Å². The number of halogens is 3. The minimum atomic E-state index is -5.08. The first-order chi connectivity index (χ1) is 18.7. The lowest BCUT2D eigenvalue weighted by atomic mass is 9.97. The standard InChI is InChI=1S/C24H29N7O2.C2HF3O2/c1-16(11-21-29-27-15-30(21)3)17-5-4-6-19(12-17)28-22(32)20-13-18(7-9-26-20)23(33)31-10-8-24(2,25)14-31;3-2(4,5)1(6)7/h4-7,9,12-13,15-16H,8,10-11,14,25H2,1-3H3,(H,28,32);(H,6,7)/t16-,24-;/m1./s1. The number of carboxylic acid groups (broad SMARTS) is 1. The van der Waals surface area contributed by atoms with Crippen LogP contribution in [0.5, 0.6) is 0 Å². The van der Waals surface area contributed by atoms with Gasteiger partial charge >= 0.3 is 12.1 Å². The number of aromatic nitrogens is 4. The molecule has 1 aromatic carbocycles. The van der Waals surface area contributed by atoms with Crippen LogP contribution in [0.1, 0.15) is 58.4 Å². The van der Waals surface area contributed by atoms with Crippen LogP contribution in [0.15, 0.2) is 48.9 Å². The van der Waals surface area contributed by atoms with Gasteiger partial charge in [-0.2, -0.15) is 13.2 Å². The van der Waals surface area contributed by atoms with Crippen LogP contribution in [-0.4, -0.2) is 72.3 Å². The van der Waals surface area contributed by atoms with Gasteiger partial charge in [0.15, 0.2) is 0 Å². The van der Waals surface area contributed by atoms with Gasteiger partial charge in [-0.05, 0) is 49.1 Å². The summed E-state index contributed by atoms with van der Waals surface area (Å²) < 4.78 is 33.6. The van der Waals surface area contributed by atoms with Gasteiger partial charge in [-0.3, -0.25) is 14.6 Å². The third-order valence-electron chi connectivity index (χ3n) is 6.28. The van der Waals surface area contributed by atoms with E-state index < -0.39 is 12.1 Å². The van der Waals surface area contributed by atoms with E-state index in [9.17, 15) is 22.8 Å². The van der Waals surface area contributed by atoms with Gasteiger partial charge in [-0.15, -0.1) is 10.2 Å². The Labute approximate surface area is 228 Å². The summed E-state index contributed by atoms with van der Waals surface area (Å²) in [6.07, 6.45) is -0.428. The predicted molar refractivity (Wildman–Crippen MR) is 139 cm³/mol. The number of likely N-dealkylation sites (tertiary alicyclic amines) is 1. The zero-order valence-electron chi connectivity index (χ0n) is 22.1. The average molecular weight is 562 g/mol. The third kappa shape index (κ3) is 8.09. The number of nitrogens with one attached hydrogen (secondary N) is 1. The molecule has 14 heteroatoms. The zero-order chi connectivity index (χ0) is 29.7. The number of pyridine rings is 1. The molecule has 4 rings (SSSR count). The van der Waals surface area contributed by atoms with Crippen molar-refractivity contribution < 1.29 is 32.7 Å². The second kappa shape index (κ2) is 12.2. The minimum absolute atomic E-state index is 0.139. The number of aliphatic carboxylic acids is 1. The Morgan fingerprint density at radius 2 is 1.93 bits per heavy atom. The summed E-state index contributed by atoms with van der Waals surface area (Å²) in [4.78, 5) is 40.5. The number of rotatable bonds is 6. The molecule has 0 unspecified atom stereocenters. The highest BCUT2D eigenvalue weighted by atomic mass is 19.4. The molecule has 40 heavy (non-hydrogen) atoms. The van der Waals surface area contributed by atoms with E-state index in [2.05, 4.69) is 27.4 Å². The van der Waals surface area contributed by atoms with Crippen LogP contribution in [0, 0.1) is 0 Å². The summed E-state index contributed by atoms with van der Waals surface area (Å²) in [5, 5.41) is 18.1. The maximum atomic E-state index is 12.9. The number of nitrogens with zero attached hydrogens (tertiary/aromatic N) is 5. The Balaban J connectivity index is 0.000000559. The maximum Gasteiger partial charge on any atom is 0.490 e. The van der Waals surface area contributed by atoms with Gasteiger partial charge in [0, 0.05) is 49.5 Å². The number of hydrogen-bond acceptors (Lipinski definition) is 7. The largest absolute Gasteiger partial charge is 0.490 e. The SMILES string of the molecule is C[C@H](Cc1nncn1C)c1cccc(NC(=O)c2cc(C(=O)N3CC[C@@](C)(N)C3)ccn2)c1.O=C(O)C(F)(F)F. The Morgan fingerprint density at radius 1 is 1.23 bits per heavy atom. The number of anilines is 1. The number of carboxylic acids is 1. The van der Waals surface area contributed by atoms with Gasteiger partial charge in [0.05, 0.1) is 0 Å². The minimum Gasteiger partial charge on any atom is -0.475 e. The summed E-state index contributed by atoms with van der Waals surface area (Å²) in [5.74, 6) is -2.17. The highest BCUT2D eigenvalue weighted by Gasteiger charge is 2.38. The lowest BCUT2D eigenvalue weighted by molar-refractivity contribution is -0.192. The number of aryl methyl sites for hydroxylation is 1. The van der Waals surface area contributed by atoms with Gasteiger partial charge in [-0.25, -0.2) is 4.79 Å². The summed E-state index contributed by atoms with van der Waals surface area (Å²) in [6, 6.07) is 10.9. The molecule has 1 aliphatic heterocycles. The fraction of sp³-hybridized carbons (Fsp3) is 0.385. The van der Waals surface area contributed by atoms with Crippen LogP contribution in [0.2, 0.25) is 0 Å². The Hall–Kier alpha value is -4.33. The second-order valence-corrected chi connectivity index (χ2v) is 9.91. The molecule has 3 heterocycles. The van der Waals surface area contributed by atoms with E-state index in [1.807, 2.05) is 42.8 Å². The van der Waals surface area contributed by atoms with Crippen molar-refractivity contribution in [2.45, 2.75) is 44.3 Å². The molecule has 214 valence electrons. The molecule has 0 bridgehead atoms. The monoisotopic (exact) mass is 561 g/mol. The topological polar surface area (TPSA) is 156 Å². The fourth-order valence-corrected chi connectivity index (χ4v) is 4.03. The zero-order valence-corrected chi connectivity index (χ0v) is 22.1. The van der Waals surface area contributed by atoms with Gasteiger partial charge in [0.2, 0.25) is 0 Å². The highest BCUT2D eigenvalue weighted by molar-refractivity contribution is 6.04. The van der Waals surface area contributed by atoms with E-state index in [-0.39, 0.29) is 29.0 Å². The number of benzene rings is 1. The molecule has 4 N–H and O–H groups in total. The summed E-state index contributed by atoms with van der Waals surface area (Å²) in [5.41, 5.74) is 8.13. The number of amides is 2. The predicted octanol–water partition coefficient (Wildman–Crippen LogP) is 3.01. The normalized spacial score (nSPS) is 17.5. The summed E-state index contributed by atoms with van der Waals surface area (Å²) >= 11 is 0. The van der Waals surface area contributed by atoms with Crippen molar-refractivity contribution in [3.8, 4) is 0 Å². The lowest BCUT2D eigenvalue weighted by Gasteiger charge is -2.20. The number of alkyl halides is 3. The van der Waals surface area contributed by atoms with Crippen LogP contribution in [0.3, 0.4) is 0 Å². The van der Waals surface area contributed by atoms with E-state index >= 15 is 0 Å². The molecule has 1 aliphatic rings. The van der Waals surface area contributed by atoms with Crippen LogP contribution in [-0.2, 0) is 18.3 Å². The molecule has 2 atom stereocenters. The van der Waals surface area contributed by atoms with Crippen LogP contribution in [0.25, 0.3) is 0 Å². The molecular weight excluding hydrogens is 531 g/mol. The van der Waals surface area contributed by atoms with E-state index in [4.69, 9.17) is 15.6 Å². The molecule has 0 radical (unpaired) electrons. The first kappa shape index (κ1) is 30.2. The molecule has 2 aromatic heterocycles. The van der Waals surface area contributed by atoms with Crippen molar-refractivity contribution in [1.29, 1.82) is 0 Å². The van der Waals surface area contributed by atoms with E-state index in [1.165, 1.54) is 12.3 Å². The van der Waals surface area contributed by atoms with Crippen molar-refractivity contribution in [3.63, 3.8) is 0 Å². The average Bonchev–Trinajstić information content (AvgIpc) is 3.47. The van der Waals surface area contributed by atoms with Gasteiger partial charge in [0.25, 0.3) is 11.8 Å². The number of carbonyl (C=O) groups is 3. The Bertz CT molecular complexity index is 1370. The van der Waals surface area contributed by atoms with E-state index in [1.54, 1.807) is 17.3 Å². The maximum absolute atomic E-state index is 12.9. The van der Waals surface area contributed by atoms with Crippen molar-refractivity contribution >= 4 is 23.5 Å². The molecule has 0 saturated carbocycles. The summed E-state index contributed by atoms with van der Waals surface area (Å²) in [6.45, 7) is 5.15. The fourth-order valence-electron chi connectivity index (χ4n) is 4.03. The van der Waals surface area contributed by atoms with Crippen molar-refractivity contribution in [2.24, 2.45) is 12.8 Å². The van der Waals surface area contributed by atoms with Crippen LogP contribution in [0.4, 0.5) is 18.9 Å². The Morgan fingerprint density at radius 3 is 2.50 bits per heavy atom. The molecule has 1 saturated heterocycles. The lowest BCUT2D eigenvalue weighted by Crippen LogP contribution is -2.40. The first-order valence-electron chi connectivity index (χ1n) is 12.2. The molecule has 11 nitrogen and oxygen atoms in total. The van der Waals surface area contributed by atoms with Gasteiger partial charge < -0.3 is 25.6 Å².